The van der Waals surface area contributed by atoms with Crippen LogP contribution in [0.25, 0.3) is 11.1 Å². The summed E-state index contributed by atoms with van der Waals surface area (Å²) in [4.78, 5) is 33.6. The largest absolute Gasteiger partial charge is 0.371 e. The zero-order chi connectivity index (χ0) is 29.0. The third-order valence-corrected chi connectivity index (χ3v) is 8.36. The molecule has 0 spiro atoms. The average Bonchev–Trinajstić information content (AvgIpc) is 2.92. The molecule has 1 amide bonds. The molecule has 7 nitrogen and oxygen atoms in total. The molecule has 0 bridgehead atoms. The van der Waals surface area contributed by atoms with Crippen molar-refractivity contribution >= 4 is 11.6 Å². The summed E-state index contributed by atoms with van der Waals surface area (Å²) in [6, 6.07) is 15.8. The number of anilines is 1. The Labute approximate surface area is 239 Å². The van der Waals surface area contributed by atoms with Crippen molar-refractivity contribution in [1.82, 2.24) is 20.5 Å². The summed E-state index contributed by atoms with van der Waals surface area (Å²) in [5, 5.41) is 6.46. The normalized spacial score (nSPS) is 17.2. The summed E-state index contributed by atoms with van der Waals surface area (Å²) in [7, 11) is 8.34. The fourth-order valence-corrected chi connectivity index (χ4v) is 5.95. The number of aryl methyl sites for hydroxylation is 2. The molecule has 2 aromatic carbocycles. The van der Waals surface area contributed by atoms with Crippen LogP contribution < -0.4 is 21.1 Å². The fraction of sp³-hybridized carbons (Fsp3) is 0.455. The van der Waals surface area contributed by atoms with E-state index in [0.717, 1.165) is 65.9 Å². The Bertz CT molecular complexity index is 1390. The molecule has 0 atom stereocenters. The van der Waals surface area contributed by atoms with E-state index < -0.39 is 0 Å². The zero-order valence-corrected chi connectivity index (χ0v) is 25.1. The number of H-pyrrole nitrogens is 1. The molecule has 0 aliphatic heterocycles. The predicted molar refractivity (Wildman–Crippen MR) is 165 cm³/mol. The molecule has 0 saturated heterocycles. The van der Waals surface area contributed by atoms with Gasteiger partial charge in [0.15, 0.2) is 0 Å². The first-order valence-electron chi connectivity index (χ1n) is 14.3. The van der Waals surface area contributed by atoms with Gasteiger partial charge < -0.3 is 25.4 Å². The van der Waals surface area contributed by atoms with Crippen molar-refractivity contribution in [3.63, 3.8) is 0 Å². The van der Waals surface area contributed by atoms with Crippen LogP contribution in [0.3, 0.4) is 0 Å². The summed E-state index contributed by atoms with van der Waals surface area (Å²) >= 11 is 0. The van der Waals surface area contributed by atoms with Gasteiger partial charge in [0.05, 0.1) is 0 Å². The molecule has 1 aromatic heterocycles. The summed E-state index contributed by atoms with van der Waals surface area (Å²) < 4.78 is 0. The monoisotopic (exact) mass is 543 g/mol. The van der Waals surface area contributed by atoms with Crippen LogP contribution >= 0.6 is 0 Å². The van der Waals surface area contributed by atoms with Gasteiger partial charge in [0.2, 0.25) is 0 Å². The maximum absolute atomic E-state index is 13.7. The number of hydrogen-bond donors (Lipinski definition) is 3. The van der Waals surface area contributed by atoms with Crippen molar-refractivity contribution in [3.05, 3.63) is 86.3 Å². The van der Waals surface area contributed by atoms with E-state index in [0.29, 0.717) is 23.2 Å². The Hall–Kier alpha value is -3.42. The van der Waals surface area contributed by atoms with E-state index in [-0.39, 0.29) is 18.0 Å². The van der Waals surface area contributed by atoms with E-state index in [9.17, 15) is 9.59 Å². The van der Waals surface area contributed by atoms with Crippen molar-refractivity contribution in [2.75, 3.05) is 33.1 Å². The minimum absolute atomic E-state index is 0.154. The summed E-state index contributed by atoms with van der Waals surface area (Å²) in [6.07, 6.45) is 4.52. The number of nitrogens with one attached hydrogen (secondary N) is 3. The fourth-order valence-electron chi connectivity index (χ4n) is 5.95. The van der Waals surface area contributed by atoms with Gasteiger partial charge in [-0.3, -0.25) is 9.59 Å². The molecule has 214 valence electrons. The third-order valence-electron chi connectivity index (χ3n) is 8.36. The predicted octanol–water partition coefficient (Wildman–Crippen LogP) is 4.93. The van der Waals surface area contributed by atoms with Gasteiger partial charge in [0.25, 0.3) is 11.5 Å². The molecular weight excluding hydrogens is 498 g/mol. The second-order valence-electron chi connectivity index (χ2n) is 11.6. The van der Waals surface area contributed by atoms with E-state index in [2.05, 4.69) is 76.9 Å². The minimum Gasteiger partial charge on any atom is -0.371 e. The molecule has 1 saturated carbocycles. The lowest BCUT2D eigenvalue weighted by Gasteiger charge is -2.37. The maximum atomic E-state index is 13.7. The number of aromatic nitrogens is 1. The highest BCUT2D eigenvalue weighted by molar-refractivity contribution is 5.99. The third kappa shape index (κ3) is 6.83. The van der Waals surface area contributed by atoms with Crippen LogP contribution in [0.1, 0.15) is 64.0 Å². The summed E-state index contributed by atoms with van der Waals surface area (Å²) in [6.45, 7) is 6.87. The standard InChI is InChI=1S/C33H45N5O2/c1-21-16-22(2)36-33(40)30(21)19-35-32(39)29-17-26(25-10-8-24(9-11-25)20-37(5)6)18-31(23(29)3)38(7)28-14-12-27(34-4)13-15-28/h8-11,16-18,27-28,34H,12-15,19-20H2,1-7H3,(H,35,39)(H,36,40)/t27-,28+. The van der Waals surface area contributed by atoms with Crippen LogP contribution in [0.2, 0.25) is 0 Å². The topological polar surface area (TPSA) is 80.5 Å². The Kier molecular flexibility index (Phi) is 9.48. The van der Waals surface area contributed by atoms with E-state index in [1.807, 2.05) is 40.0 Å². The van der Waals surface area contributed by atoms with Crippen molar-refractivity contribution in [1.29, 1.82) is 0 Å². The van der Waals surface area contributed by atoms with E-state index in [4.69, 9.17) is 0 Å². The van der Waals surface area contributed by atoms with Crippen LogP contribution in [0, 0.1) is 20.8 Å². The lowest BCUT2D eigenvalue weighted by atomic mass is 9.89. The van der Waals surface area contributed by atoms with Gasteiger partial charge in [-0.05, 0) is 114 Å². The van der Waals surface area contributed by atoms with E-state index in [1.165, 1.54) is 5.56 Å². The van der Waals surface area contributed by atoms with Crippen LogP contribution in [-0.4, -0.2) is 56.1 Å². The number of carbonyl (C=O) groups is 1. The molecule has 0 unspecified atom stereocenters. The van der Waals surface area contributed by atoms with Crippen molar-refractivity contribution < 1.29 is 4.79 Å². The number of rotatable bonds is 9. The molecule has 7 heteroatoms. The Morgan fingerprint density at radius 2 is 1.62 bits per heavy atom. The summed E-state index contributed by atoms with van der Waals surface area (Å²) in [5.74, 6) is -0.170. The zero-order valence-electron chi connectivity index (χ0n) is 25.1. The lowest BCUT2D eigenvalue weighted by Crippen LogP contribution is -2.40. The van der Waals surface area contributed by atoms with Crippen molar-refractivity contribution in [2.24, 2.45) is 0 Å². The molecule has 0 radical (unpaired) electrons. The molecule has 1 fully saturated rings. The van der Waals surface area contributed by atoms with Gasteiger partial charge in [0.1, 0.15) is 0 Å². The average molecular weight is 544 g/mol. The Balaban J connectivity index is 1.68. The summed E-state index contributed by atoms with van der Waals surface area (Å²) in [5.41, 5.74) is 8.14. The van der Waals surface area contributed by atoms with Gasteiger partial charge in [-0.1, -0.05) is 24.3 Å². The van der Waals surface area contributed by atoms with Crippen LogP contribution in [0.15, 0.2) is 47.3 Å². The van der Waals surface area contributed by atoms with Crippen LogP contribution in [0.4, 0.5) is 5.69 Å². The van der Waals surface area contributed by atoms with E-state index in [1.54, 1.807) is 0 Å². The highest BCUT2D eigenvalue weighted by atomic mass is 16.1. The number of nitrogens with zero attached hydrogens (tertiary/aromatic N) is 2. The number of aromatic amines is 1. The molecular formula is C33H45N5O2. The van der Waals surface area contributed by atoms with Gasteiger partial charge in [0, 0.05) is 54.7 Å². The second kappa shape index (κ2) is 12.8. The number of pyridine rings is 1. The Morgan fingerprint density at radius 3 is 2.23 bits per heavy atom. The molecule has 40 heavy (non-hydrogen) atoms. The van der Waals surface area contributed by atoms with Gasteiger partial charge in [-0.25, -0.2) is 0 Å². The quantitative estimate of drug-likeness (QED) is 0.357. The molecule has 1 heterocycles. The SMILES string of the molecule is CN[C@H]1CC[C@@H](N(C)c2cc(-c3ccc(CN(C)C)cc3)cc(C(=O)NCc3c(C)cc(C)[nH]c3=O)c2C)CC1. The first-order chi connectivity index (χ1) is 19.1. The Morgan fingerprint density at radius 1 is 0.950 bits per heavy atom. The lowest BCUT2D eigenvalue weighted by molar-refractivity contribution is 0.0950. The number of hydrogen-bond acceptors (Lipinski definition) is 5. The number of amides is 1. The molecule has 3 N–H and O–H groups in total. The first kappa shape index (κ1) is 29.6. The highest BCUT2D eigenvalue weighted by Crippen LogP contribution is 2.34. The number of benzene rings is 2. The molecule has 1 aliphatic carbocycles. The van der Waals surface area contributed by atoms with Crippen LogP contribution in [0.5, 0.6) is 0 Å². The van der Waals surface area contributed by atoms with E-state index >= 15 is 0 Å². The highest BCUT2D eigenvalue weighted by Gasteiger charge is 2.26. The number of carbonyl (C=O) groups excluding carboxylic acids is 1. The van der Waals surface area contributed by atoms with Gasteiger partial charge in [-0.2, -0.15) is 0 Å². The van der Waals surface area contributed by atoms with Crippen molar-refractivity contribution in [2.45, 2.75) is 71.6 Å². The molecule has 3 aromatic rings. The van der Waals surface area contributed by atoms with Crippen LogP contribution in [-0.2, 0) is 13.1 Å². The first-order valence-corrected chi connectivity index (χ1v) is 14.3. The van der Waals surface area contributed by atoms with Crippen molar-refractivity contribution in [3.8, 4) is 11.1 Å². The van der Waals surface area contributed by atoms with Gasteiger partial charge >= 0.3 is 0 Å². The smallest absolute Gasteiger partial charge is 0.253 e. The molecule has 1 aliphatic rings. The van der Waals surface area contributed by atoms with Gasteiger partial charge in [-0.15, -0.1) is 0 Å². The second-order valence-corrected chi connectivity index (χ2v) is 11.6. The minimum atomic E-state index is -0.170. The molecule has 4 rings (SSSR count). The maximum Gasteiger partial charge on any atom is 0.253 e.